The van der Waals surface area contributed by atoms with Gasteiger partial charge < -0.3 is 4.79 Å². The van der Waals surface area contributed by atoms with Crippen molar-refractivity contribution in [2.45, 2.75) is 6.92 Å². The molecule has 0 aliphatic heterocycles. The molecule has 0 atom stereocenters. The Morgan fingerprint density at radius 3 is 2.36 bits per heavy atom. The molecule has 0 aliphatic rings. The van der Waals surface area contributed by atoms with E-state index in [2.05, 4.69) is 17.1 Å². The molecule has 74 valence electrons. The summed E-state index contributed by atoms with van der Waals surface area (Å²) in [6, 6.07) is 12.1. The topological polar surface area (TPSA) is 30.0 Å². The van der Waals surface area contributed by atoms with Crippen molar-refractivity contribution in [2.75, 3.05) is 0 Å². The van der Waals surface area contributed by atoms with Crippen LogP contribution in [-0.4, -0.2) is 11.3 Å². The number of carbonyl (C=O) groups is 1. The van der Waals surface area contributed by atoms with Gasteiger partial charge in [-0.2, -0.15) is 0 Å². The quantitative estimate of drug-likeness (QED) is 0.625. The van der Waals surface area contributed by atoms with Crippen LogP contribution in [0.25, 0.3) is 10.9 Å². The second-order valence-corrected chi connectivity index (χ2v) is 2.43. The van der Waals surface area contributed by atoms with E-state index in [0.29, 0.717) is 0 Å². The summed E-state index contributed by atoms with van der Waals surface area (Å²) in [4.78, 5) is 13.0. The van der Waals surface area contributed by atoms with Crippen molar-refractivity contribution in [3.8, 4) is 0 Å². The van der Waals surface area contributed by atoms with Crippen LogP contribution in [0.1, 0.15) is 6.92 Å². The van der Waals surface area contributed by atoms with Crippen LogP contribution in [0.3, 0.4) is 0 Å². The largest absolute Gasteiger partial charge is 0.304 e. The lowest BCUT2D eigenvalue weighted by Crippen LogP contribution is -1.73. The molecule has 0 radical (unpaired) electrons. The first-order valence-corrected chi connectivity index (χ1v) is 4.08. The predicted molar refractivity (Wildman–Crippen MR) is 60.7 cm³/mol. The molecule has 0 fully saturated rings. The zero-order valence-corrected chi connectivity index (χ0v) is 8.70. The number of hydrogen-bond donors (Lipinski definition) is 0. The van der Waals surface area contributed by atoms with Gasteiger partial charge in [0.2, 0.25) is 0 Å². The van der Waals surface area contributed by atoms with E-state index in [1.165, 1.54) is 12.3 Å². The van der Waals surface area contributed by atoms with E-state index in [1.54, 1.807) is 0 Å². The van der Waals surface area contributed by atoms with Crippen LogP contribution in [0, 0.1) is 0 Å². The summed E-state index contributed by atoms with van der Waals surface area (Å²) >= 11 is 0. The first-order chi connectivity index (χ1) is 6.38. The first-order valence-electron chi connectivity index (χ1n) is 4.08. The van der Waals surface area contributed by atoms with Gasteiger partial charge in [0.1, 0.15) is 6.29 Å². The summed E-state index contributed by atoms with van der Waals surface area (Å²) < 4.78 is 0. The molecular formula is C11H12ClNO. The summed E-state index contributed by atoms with van der Waals surface area (Å²) in [6.45, 7) is 1.44. The van der Waals surface area contributed by atoms with Crippen molar-refractivity contribution in [3.05, 3.63) is 42.6 Å². The van der Waals surface area contributed by atoms with Gasteiger partial charge in [0.15, 0.2) is 0 Å². The van der Waals surface area contributed by atoms with Gasteiger partial charge in [-0.25, -0.2) is 0 Å². The Morgan fingerprint density at radius 1 is 1.14 bits per heavy atom. The van der Waals surface area contributed by atoms with Crippen LogP contribution < -0.4 is 0 Å². The number of aldehydes is 1. The summed E-state index contributed by atoms with van der Waals surface area (Å²) in [6.07, 6.45) is 2.56. The molecule has 14 heavy (non-hydrogen) atoms. The number of carbonyl (C=O) groups excluding carboxylic acids is 1. The zero-order chi connectivity index (χ0) is 9.52. The Balaban J connectivity index is 0.000000381. The van der Waals surface area contributed by atoms with Crippen molar-refractivity contribution < 1.29 is 4.79 Å². The molecule has 0 saturated heterocycles. The van der Waals surface area contributed by atoms with Gasteiger partial charge in [0.25, 0.3) is 0 Å². The second-order valence-electron chi connectivity index (χ2n) is 2.43. The lowest BCUT2D eigenvalue weighted by atomic mass is 10.2. The minimum atomic E-state index is 0. The highest BCUT2D eigenvalue weighted by Crippen LogP contribution is 2.07. The fourth-order valence-corrected chi connectivity index (χ4v) is 1.02. The predicted octanol–water partition coefficient (Wildman–Crippen LogP) is 2.86. The molecule has 1 aromatic heterocycles. The number of rotatable bonds is 0. The van der Waals surface area contributed by atoms with Gasteiger partial charge in [-0.1, -0.05) is 24.3 Å². The van der Waals surface area contributed by atoms with Crippen molar-refractivity contribution >= 4 is 29.6 Å². The molecule has 0 N–H and O–H groups in total. The third-order valence-electron chi connectivity index (χ3n) is 1.51. The fraction of sp³-hybridized carbons (Fsp3) is 0.0909. The summed E-state index contributed by atoms with van der Waals surface area (Å²) in [7, 11) is 0. The van der Waals surface area contributed by atoms with Gasteiger partial charge in [-0.15, -0.1) is 12.4 Å². The van der Waals surface area contributed by atoms with Gasteiger partial charge in [-0.3, -0.25) is 4.98 Å². The molecule has 0 amide bonds. The summed E-state index contributed by atoms with van der Waals surface area (Å²) in [5.41, 5.74) is 1.06. The molecule has 3 heteroatoms. The van der Waals surface area contributed by atoms with Crippen LogP contribution in [0.15, 0.2) is 42.6 Å². The number of hydrogen-bond acceptors (Lipinski definition) is 2. The zero-order valence-electron chi connectivity index (χ0n) is 7.88. The van der Waals surface area contributed by atoms with Gasteiger partial charge in [0, 0.05) is 11.6 Å². The maximum Gasteiger partial charge on any atom is 0.116 e. The molecule has 0 bridgehead atoms. The monoisotopic (exact) mass is 209 g/mol. The Kier molecular flexibility index (Phi) is 6.33. The van der Waals surface area contributed by atoms with Gasteiger partial charge in [0.05, 0.1) is 5.52 Å². The number of fused-ring (bicyclic) bond motifs is 1. The highest BCUT2D eigenvalue weighted by molar-refractivity contribution is 5.85. The number of para-hydroxylation sites is 1. The lowest BCUT2D eigenvalue weighted by molar-refractivity contribution is -0.106. The van der Waals surface area contributed by atoms with Crippen LogP contribution in [-0.2, 0) is 4.79 Å². The third kappa shape index (κ3) is 3.54. The molecule has 2 nitrogen and oxygen atoms in total. The Morgan fingerprint density at radius 2 is 1.71 bits per heavy atom. The van der Waals surface area contributed by atoms with E-state index in [-0.39, 0.29) is 12.4 Å². The standard InChI is InChI=1S/C9H7N.C2H4O.ClH/c1-2-6-9-8(4-1)5-3-7-10-9;1-2-3;/h1-7H;2H,1H3;1H. The van der Waals surface area contributed by atoms with Gasteiger partial charge in [-0.05, 0) is 19.1 Å². The maximum absolute atomic E-state index is 8.81. The summed E-state index contributed by atoms with van der Waals surface area (Å²) in [5, 5.41) is 1.20. The van der Waals surface area contributed by atoms with E-state index in [9.17, 15) is 0 Å². The molecule has 2 rings (SSSR count). The normalized spacial score (nSPS) is 8.07. The van der Waals surface area contributed by atoms with E-state index in [1.807, 2.05) is 30.5 Å². The smallest absolute Gasteiger partial charge is 0.116 e. The van der Waals surface area contributed by atoms with Crippen LogP contribution in [0.4, 0.5) is 0 Å². The average molecular weight is 210 g/mol. The van der Waals surface area contributed by atoms with Gasteiger partial charge >= 0.3 is 0 Å². The molecule has 0 unspecified atom stereocenters. The maximum atomic E-state index is 8.81. The number of pyridine rings is 1. The van der Waals surface area contributed by atoms with Crippen LogP contribution in [0.5, 0.6) is 0 Å². The highest BCUT2D eigenvalue weighted by atomic mass is 35.5. The second kappa shape index (κ2) is 7.04. The van der Waals surface area contributed by atoms with Crippen molar-refractivity contribution in [1.82, 2.24) is 4.98 Å². The molecule has 0 saturated carbocycles. The average Bonchev–Trinajstić information content (AvgIpc) is 2.19. The Labute approximate surface area is 89.4 Å². The Hall–Kier alpha value is -1.41. The van der Waals surface area contributed by atoms with Crippen molar-refractivity contribution in [2.24, 2.45) is 0 Å². The highest BCUT2D eigenvalue weighted by Gasteiger charge is 1.86. The molecule has 2 aromatic rings. The molecular weight excluding hydrogens is 198 g/mol. The molecule has 1 aromatic carbocycles. The number of benzene rings is 1. The molecule has 0 spiro atoms. The SMILES string of the molecule is CC=O.Cl.c1ccc2ncccc2c1. The number of halogens is 1. The number of aromatic nitrogens is 1. The first kappa shape index (κ1) is 12.6. The molecule has 0 aliphatic carbocycles. The van der Waals surface area contributed by atoms with Crippen molar-refractivity contribution in [1.29, 1.82) is 0 Å². The van der Waals surface area contributed by atoms with E-state index >= 15 is 0 Å². The third-order valence-corrected chi connectivity index (χ3v) is 1.51. The molecule has 1 heterocycles. The fourth-order valence-electron chi connectivity index (χ4n) is 1.02. The lowest BCUT2D eigenvalue weighted by Gasteiger charge is -1.91. The van der Waals surface area contributed by atoms with E-state index < -0.39 is 0 Å². The van der Waals surface area contributed by atoms with E-state index in [4.69, 9.17) is 4.79 Å². The number of nitrogens with zero attached hydrogens (tertiary/aromatic N) is 1. The van der Waals surface area contributed by atoms with E-state index in [0.717, 1.165) is 11.8 Å². The Bertz CT molecular complexity index is 324. The van der Waals surface area contributed by atoms with Crippen molar-refractivity contribution in [3.63, 3.8) is 0 Å². The minimum absolute atomic E-state index is 0. The summed E-state index contributed by atoms with van der Waals surface area (Å²) in [5.74, 6) is 0. The van der Waals surface area contributed by atoms with Crippen LogP contribution >= 0.6 is 12.4 Å². The van der Waals surface area contributed by atoms with Crippen LogP contribution in [0.2, 0.25) is 0 Å². The minimum Gasteiger partial charge on any atom is -0.304 e.